The molecule has 1 saturated heterocycles. The Kier molecular flexibility index (Phi) is 6.68. The molecule has 1 amide bonds. The Balaban J connectivity index is 2.00. The summed E-state index contributed by atoms with van der Waals surface area (Å²) in [6.45, 7) is 0.670. The Bertz CT molecular complexity index is 601. The number of carboxylic acid groups (broad SMARTS) is 1. The fraction of sp³-hybridized carbons (Fsp3) is 0.467. The third-order valence-corrected chi connectivity index (χ3v) is 3.95. The Morgan fingerprint density at radius 2 is 1.88 bits per heavy atom. The number of halogens is 2. The Labute approximate surface area is 148 Å². The molecule has 0 aromatic heterocycles. The summed E-state index contributed by atoms with van der Waals surface area (Å²) in [6, 6.07) is 2.99. The van der Waals surface area contributed by atoms with E-state index in [9.17, 15) is 9.59 Å². The van der Waals surface area contributed by atoms with Gasteiger partial charge in [-0.25, -0.2) is 4.79 Å². The standard InChI is InChI=1S/C15H17Cl2NO6/c1-22-4-5-23-13-9(16)6-8(7-10(13)17)18-14(19)11-2-3-12(24-11)15(20)21/h6-7,11-12H,2-5H2,1H3,(H,18,19)(H,20,21)/t11-,12+/m0/s1. The van der Waals surface area contributed by atoms with E-state index < -0.39 is 24.1 Å². The highest BCUT2D eigenvalue weighted by Crippen LogP contribution is 2.36. The lowest BCUT2D eigenvalue weighted by Gasteiger charge is -2.14. The van der Waals surface area contributed by atoms with E-state index in [0.29, 0.717) is 30.9 Å². The number of carbonyl (C=O) groups is 2. The van der Waals surface area contributed by atoms with Gasteiger partial charge in [-0.2, -0.15) is 0 Å². The molecule has 9 heteroatoms. The van der Waals surface area contributed by atoms with Crippen molar-refractivity contribution < 1.29 is 28.9 Å². The summed E-state index contributed by atoms with van der Waals surface area (Å²) < 4.78 is 15.5. The van der Waals surface area contributed by atoms with Crippen molar-refractivity contribution in [1.82, 2.24) is 0 Å². The Morgan fingerprint density at radius 1 is 1.25 bits per heavy atom. The van der Waals surface area contributed by atoms with Crippen molar-refractivity contribution in [1.29, 1.82) is 0 Å². The third kappa shape index (κ3) is 4.73. The van der Waals surface area contributed by atoms with Crippen molar-refractivity contribution in [2.24, 2.45) is 0 Å². The van der Waals surface area contributed by atoms with Crippen LogP contribution in [-0.2, 0) is 19.1 Å². The monoisotopic (exact) mass is 377 g/mol. The number of anilines is 1. The van der Waals surface area contributed by atoms with E-state index >= 15 is 0 Å². The molecule has 1 aliphatic rings. The van der Waals surface area contributed by atoms with Gasteiger partial charge in [0.05, 0.1) is 16.7 Å². The molecule has 7 nitrogen and oxygen atoms in total. The van der Waals surface area contributed by atoms with Crippen LogP contribution in [0.1, 0.15) is 12.8 Å². The molecule has 0 saturated carbocycles. The fourth-order valence-electron chi connectivity index (χ4n) is 2.23. The van der Waals surface area contributed by atoms with E-state index in [0.717, 1.165) is 0 Å². The van der Waals surface area contributed by atoms with Gasteiger partial charge < -0.3 is 24.6 Å². The van der Waals surface area contributed by atoms with Crippen LogP contribution in [0.5, 0.6) is 5.75 Å². The molecule has 0 bridgehead atoms. The van der Waals surface area contributed by atoms with Crippen LogP contribution < -0.4 is 10.1 Å². The largest absolute Gasteiger partial charge is 0.488 e. The van der Waals surface area contributed by atoms with Crippen molar-refractivity contribution in [2.75, 3.05) is 25.6 Å². The molecule has 2 rings (SSSR count). The number of nitrogens with one attached hydrogen (secondary N) is 1. The molecule has 0 radical (unpaired) electrons. The predicted molar refractivity (Wildman–Crippen MR) is 88.0 cm³/mol. The summed E-state index contributed by atoms with van der Waals surface area (Å²) in [5, 5.41) is 12.0. The predicted octanol–water partition coefficient (Wildman–Crippen LogP) is 2.59. The zero-order valence-corrected chi connectivity index (χ0v) is 14.4. The third-order valence-electron chi connectivity index (χ3n) is 3.39. The van der Waals surface area contributed by atoms with E-state index in [-0.39, 0.29) is 16.7 Å². The number of benzene rings is 1. The van der Waals surface area contributed by atoms with Gasteiger partial charge in [0.15, 0.2) is 11.9 Å². The van der Waals surface area contributed by atoms with Gasteiger partial charge in [-0.3, -0.25) is 4.79 Å². The molecular weight excluding hydrogens is 361 g/mol. The van der Waals surface area contributed by atoms with Crippen LogP contribution in [0.25, 0.3) is 0 Å². The molecule has 2 atom stereocenters. The van der Waals surface area contributed by atoms with E-state index in [1.807, 2.05) is 0 Å². The van der Waals surface area contributed by atoms with Crippen LogP contribution in [0.4, 0.5) is 5.69 Å². The number of rotatable bonds is 7. The van der Waals surface area contributed by atoms with Gasteiger partial charge in [-0.15, -0.1) is 0 Å². The van der Waals surface area contributed by atoms with Gasteiger partial charge in [0.25, 0.3) is 5.91 Å². The quantitative estimate of drug-likeness (QED) is 0.709. The SMILES string of the molecule is COCCOc1c(Cl)cc(NC(=O)[C@@H]2CC[C@H](C(=O)O)O2)cc1Cl. The van der Waals surface area contributed by atoms with Gasteiger partial charge in [0.1, 0.15) is 12.7 Å². The van der Waals surface area contributed by atoms with Gasteiger partial charge in [-0.05, 0) is 25.0 Å². The van der Waals surface area contributed by atoms with Crippen LogP contribution in [-0.4, -0.2) is 49.5 Å². The molecular formula is C15H17Cl2NO6. The summed E-state index contributed by atoms with van der Waals surface area (Å²) in [6.07, 6.45) is -1.14. The highest BCUT2D eigenvalue weighted by molar-refractivity contribution is 6.37. The zero-order chi connectivity index (χ0) is 17.7. The van der Waals surface area contributed by atoms with Gasteiger partial charge in [0, 0.05) is 12.8 Å². The molecule has 0 spiro atoms. The molecule has 1 aliphatic heterocycles. The lowest BCUT2D eigenvalue weighted by molar-refractivity contribution is -0.150. The molecule has 1 fully saturated rings. The maximum atomic E-state index is 12.1. The first kappa shape index (κ1) is 18.8. The van der Waals surface area contributed by atoms with E-state index in [1.54, 1.807) is 7.11 Å². The van der Waals surface area contributed by atoms with Gasteiger partial charge in [0.2, 0.25) is 0 Å². The summed E-state index contributed by atoms with van der Waals surface area (Å²) >= 11 is 12.2. The summed E-state index contributed by atoms with van der Waals surface area (Å²) in [4.78, 5) is 23.0. The molecule has 1 heterocycles. The van der Waals surface area contributed by atoms with Crippen LogP contribution >= 0.6 is 23.2 Å². The number of hydrogen-bond donors (Lipinski definition) is 2. The number of amides is 1. The van der Waals surface area contributed by atoms with Gasteiger partial charge >= 0.3 is 5.97 Å². The van der Waals surface area contributed by atoms with E-state index in [2.05, 4.69) is 5.32 Å². The van der Waals surface area contributed by atoms with Crippen molar-refractivity contribution >= 4 is 40.8 Å². The minimum absolute atomic E-state index is 0.240. The highest BCUT2D eigenvalue weighted by atomic mass is 35.5. The lowest BCUT2D eigenvalue weighted by atomic mass is 10.2. The minimum atomic E-state index is -1.08. The number of ether oxygens (including phenoxy) is 3. The molecule has 1 aromatic carbocycles. The van der Waals surface area contributed by atoms with Gasteiger partial charge in [-0.1, -0.05) is 23.2 Å². The summed E-state index contributed by atoms with van der Waals surface area (Å²) in [5.74, 6) is -1.22. The van der Waals surface area contributed by atoms with Crippen LogP contribution in [0.15, 0.2) is 12.1 Å². The number of hydrogen-bond acceptors (Lipinski definition) is 5. The second-order valence-corrected chi connectivity index (χ2v) is 5.94. The maximum absolute atomic E-state index is 12.1. The van der Waals surface area contributed by atoms with Crippen LogP contribution in [0.2, 0.25) is 10.0 Å². The molecule has 0 aliphatic carbocycles. The molecule has 0 unspecified atom stereocenters. The maximum Gasteiger partial charge on any atom is 0.332 e. The first-order valence-corrected chi connectivity index (χ1v) is 7.98. The number of methoxy groups -OCH3 is 1. The van der Waals surface area contributed by atoms with Crippen molar-refractivity contribution in [2.45, 2.75) is 25.0 Å². The summed E-state index contributed by atoms with van der Waals surface area (Å²) in [5.41, 5.74) is 0.372. The second-order valence-electron chi connectivity index (χ2n) is 5.13. The molecule has 2 N–H and O–H groups in total. The smallest absolute Gasteiger partial charge is 0.332 e. The first-order valence-electron chi connectivity index (χ1n) is 7.22. The Morgan fingerprint density at radius 3 is 2.42 bits per heavy atom. The number of carboxylic acids is 1. The van der Waals surface area contributed by atoms with Crippen LogP contribution in [0, 0.1) is 0 Å². The van der Waals surface area contributed by atoms with Crippen molar-refractivity contribution in [3.63, 3.8) is 0 Å². The summed E-state index contributed by atoms with van der Waals surface area (Å²) in [7, 11) is 1.55. The average molecular weight is 378 g/mol. The minimum Gasteiger partial charge on any atom is -0.488 e. The van der Waals surface area contributed by atoms with E-state index in [4.69, 9.17) is 42.5 Å². The lowest BCUT2D eigenvalue weighted by Crippen LogP contribution is -2.29. The highest BCUT2D eigenvalue weighted by Gasteiger charge is 2.34. The van der Waals surface area contributed by atoms with Crippen molar-refractivity contribution in [3.05, 3.63) is 22.2 Å². The topological polar surface area (TPSA) is 94.1 Å². The number of carbonyl (C=O) groups excluding carboxylic acids is 1. The van der Waals surface area contributed by atoms with E-state index in [1.165, 1.54) is 12.1 Å². The van der Waals surface area contributed by atoms with Crippen molar-refractivity contribution in [3.8, 4) is 5.75 Å². The average Bonchev–Trinajstić information content (AvgIpc) is 3.00. The first-order chi connectivity index (χ1) is 11.4. The fourth-order valence-corrected chi connectivity index (χ4v) is 2.83. The Hall–Kier alpha value is -1.54. The normalized spacial score (nSPS) is 20.0. The second kappa shape index (κ2) is 8.53. The molecule has 132 valence electrons. The molecule has 24 heavy (non-hydrogen) atoms. The van der Waals surface area contributed by atoms with Crippen LogP contribution in [0.3, 0.4) is 0 Å². The molecule has 1 aromatic rings. The zero-order valence-electron chi connectivity index (χ0n) is 12.9. The number of aliphatic carboxylic acids is 1.